The third kappa shape index (κ3) is 5.03. The van der Waals surface area contributed by atoms with E-state index in [1.165, 1.54) is 11.8 Å². The quantitative estimate of drug-likeness (QED) is 0.559. The van der Waals surface area contributed by atoms with Gasteiger partial charge in [-0.2, -0.15) is 0 Å². The second-order valence-electron chi connectivity index (χ2n) is 6.41. The molecule has 8 nitrogen and oxygen atoms in total. The molecule has 1 aliphatic heterocycles. The lowest BCUT2D eigenvalue weighted by atomic mass is 9.98. The zero-order valence-electron chi connectivity index (χ0n) is 16.0. The van der Waals surface area contributed by atoms with Gasteiger partial charge in [0.2, 0.25) is 11.1 Å². The number of methoxy groups -OCH3 is 1. The zero-order chi connectivity index (χ0) is 19.9. The Morgan fingerprint density at radius 3 is 2.82 bits per heavy atom. The molecule has 3 rings (SSSR count). The summed E-state index contributed by atoms with van der Waals surface area (Å²) in [6, 6.07) is 7.49. The van der Waals surface area contributed by atoms with Gasteiger partial charge in [0.25, 0.3) is 0 Å². The van der Waals surface area contributed by atoms with E-state index < -0.39 is 0 Å². The van der Waals surface area contributed by atoms with Crippen molar-refractivity contribution in [3.63, 3.8) is 0 Å². The molecule has 1 aromatic carbocycles. The summed E-state index contributed by atoms with van der Waals surface area (Å²) in [5, 5.41) is 7.57. The summed E-state index contributed by atoms with van der Waals surface area (Å²) < 4.78 is 10.2. The average Bonchev–Trinajstić information content (AvgIpc) is 3.21. The first-order valence-electron chi connectivity index (χ1n) is 9.24. The number of benzene rings is 1. The molecule has 1 N–H and O–H groups in total. The molecular weight excluding hydrogens is 380 g/mol. The number of likely N-dealkylation sites (tertiary alicyclic amines) is 1. The minimum atomic E-state index is -0.229. The van der Waals surface area contributed by atoms with Gasteiger partial charge in [0.15, 0.2) is 5.82 Å². The first kappa shape index (κ1) is 20.2. The molecule has 28 heavy (non-hydrogen) atoms. The lowest BCUT2D eigenvalue weighted by molar-refractivity contribution is -0.151. The molecule has 2 aromatic rings. The molecule has 1 aromatic heterocycles. The minimum Gasteiger partial charge on any atom is -0.497 e. The van der Waals surface area contributed by atoms with E-state index in [1.807, 2.05) is 24.3 Å². The number of nitrogens with one attached hydrogen (secondary N) is 1. The fourth-order valence-corrected chi connectivity index (χ4v) is 3.76. The number of aromatic nitrogens is 3. The fraction of sp³-hybridized carbons (Fsp3) is 0.474. The van der Waals surface area contributed by atoms with Crippen LogP contribution in [-0.4, -0.2) is 64.5 Å². The van der Waals surface area contributed by atoms with Crippen molar-refractivity contribution in [2.24, 2.45) is 5.92 Å². The summed E-state index contributed by atoms with van der Waals surface area (Å²) in [6.07, 6.45) is 1.57. The molecule has 2 heterocycles. The molecule has 9 heteroatoms. The Kier molecular flexibility index (Phi) is 6.91. The van der Waals surface area contributed by atoms with E-state index in [1.54, 1.807) is 18.9 Å². The van der Waals surface area contributed by atoms with Gasteiger partial charge in [-0.1, -0.05) is 11.8 Å². The predicted molar refractivity (Wildman–Crippen MR) is 105 cm³/mol. The van der Waals surface area contributed by atoms with Crippen LogP contribution < -0.4 is 4.74 Å². The van der Waals surface area contributed by atoms with Crippen LogP contribution in [-0.2, 0) is 14.3 Å². The second-order valence-corrected chi connectivity index (χ2v) is 7.36. The van der Waals surface area contributed by atoms with Crippen LogP contribution in [0.2, 0.25) is 0 Å². The maximum atomic E-state index is 12.5. The summed E-state index contributed by atoms with van der Waals surface area (Å²) in [6.45, 7) is 3.24. The summed E-state index contributed by atoms with van der Waals surface area (Å²) in [5.74, 6) is 1.17. The maximum absolute atomic E-state index is 12.5. The minimum absolute atomic E-state index is 0.0187. The Balaban J connectivity index is 1.53. The van der Waals surface area contributed by atoms with Crippen molar-refractivity contribution >= 4 is 23.6 Å². The standard InChI is InChI=1S/C19H24N4O4S/c1-3-27-18(25)14-5-4-10-23(11-14)16(24)12-28-19-20-17(21-22-19)13-6-8-15(26-2)9-7-13/h6-9,14H,3-5,10-12H2,1-2H3,(H,20,21,22)/t14-/m0/s1. The first-order valence-corrected chi connectivity index (χ1v) is 10.2. The summed E-state index contributed by atoms with van der Waals surface area (Å²) >= 11 is 1.28. The van der Waals surface area contributed by atoms with E-state index >= 15 is 0 Å². The number of H-pyrrole nitrogens is 1. The molecule has 0 aliphatic carbocycles. The second kappa shape index (κ2) is 9.59. The third-order valence-electron chi connectivity index (χ3n) is 4.55. The molecule has 0 bridgehead atoms. The van der Waals surface area contributed by atoms with Gasteiger partial charge in [-0.05, 0) is 44.0 Å². The molecule has 1 aliphatic rings. The normalized spacial score (nSPS) is 16.6. The SMILES string of the molecule is CCOC(=O)[C@H]1CCCN(C(=O)CSc2n[nH]c(-c3ccc(OC)cc3)n2)C1. The Morgan fingerprint density at radius 2 is 2.11 bits per heavy atom. The van der Waals surface area contributed by atoms with Crippen LogP contribution in [0.4, 0.5) is 0 Å². The van der Waals surface area contributed by atoms with Crippen molar-refractivity contribution in [2.75, 3.05) is 32.6 Å². The number of carbonyl (C=O) groups is 2. The number of thioether (sulfide) groups is 1. The predicted octanol–water partition coefficient (Wildman–Crippen LogP) is 2.37. The fourth-order valence-electron chi connectivity index (χ4n) is 3.06. The number of ether oxygens (including phenoxy) is 2. The molecule has 0 radical (unpaired) electrons. The number of piperidine rings is 1. The number of carbonyl (C=O) groups excluding carboxylic acids is 2. The van der Waals surface area contributed by atoms with Gasteiger partial charge in [-0.15, -0.1) is 5.10 Å². The van der Waals surface area contributed by atoms with E-state index in [0.29, 0.717) is 30.7 Å². The zero-order valence-corrected chi connectivity index (χ0v) is 16.8. The van der Waals surface area contributed by atoms with Crippen LogP contribution in [0.1, 0.15) is 19.8 Å². The van der Waals surface area contributed by atoms with Crippen molar-refractivity contribution < 1.29 is 19.1 Å². The molecule has 1 saturated heterocycles. The van der Waals surface area contributed by atoms with Gasteiger partial charge in [0, 0.05) is 18.7 Å². The van der Waals surface area contributed by atoms with Crippen LogP contribution in [0.15, 0.2) is 29.4 Å². The van der Waals surface area contributed by atoms with Crippen LogP contribution in [0, 0.1) is 5.92 Å². The van der Waals surface area contributed by atoms with Gasteiger partial charge < -0.3 is 14.4 Å². The monoisotopic (exact) mass is 404 g/mol. The highest BCUT2D eigenvalue weighted by Crippen LogP contribution is 2.23. The van der Waals surface area contributed by atoms with Crippen LogP contribution in [0.25, 0.3) is 11.4 Å². The van der Waals surface area contributed by atoms with Gasteiger partial charge in [0.1, 0.15) is 5.75 Å². The van der Waals surface area contributed by atoms with Gasteiger partial charge >= 0.3 is 5.97 Å². The lowest BCUT2D eigenvalue weighted by Crippen LogP contribution is -2.43. The van der Waals surface area contributed by atoms with Crippen molar-refractivity contribution in [1.82, 2.24) is 20.1 Å². The largest absolute Gasteiger partial charge is 0.497 e. The highest BCUT2D eigenvalue weighted by molar-refractivity contribution is 7.99. The van der Waals surface area contributed by atoms with E-state index in [9.17, 15) is 9.59 Å². The van der Waals surface area contributed by atoms with Crippen LogP contribution >= 0.6 is 11.8 Å². The lowest BCUT2D eigenvalue weighted by Gasteiger charge is -2.31. The Morgan fingerprint density at radius 1 is 1.32 bits per heavy atom. The van der Waals surface area contributed by atoms with E-state index in [-0.39, 0.29) is 23.5 Å². The molecule has 150 valence electrons. The molecular formula is C19H24N4O4S. The van der Waals surface area contributed by atoms with Gasteiger partial charge in [0.05, 0.1) is 25.4 Å². The maximum Gasteiger partial charge on any atom is 0.310 e. The van der Waals surface area contributed by atoms with Crippen LogP contribution in [0.3, 0.4) is 0 Å². The van der Waals surface area contributed by atoms with Crippen molar-refractivity contribution in [2.45, 2.75) is 24.9 Å². The molecule has 0 spiro atoms. The number of rotatable bonds is 7. The number of hydrogen-bond donors (Lipinski definition) is 1. The average molecular weight is 404 g/mol. The number of esters is 1. The molecule has 1 amide bonds. The van der Waals surface area contributed by atoms with E-state index in [0.717, 1.165) is 24.2 Å². The topological polar surface area (TPSA) is 97.4 Å². The Bertz CT molecular complexity index is 809. The van der Waals surface area contributed by atoms with Crippen molar-refractivity contribution in [3.05, 3.63) is 24.3 Å². The third-order valence-corrected chi connectivity index (χ3v) is 5.38. The van der Waals surface area contributed by atoms with E-state index in [4.69, 9.17) is 9.47 Å². The summed E-state index contributed by atoms with van der Waals surface area (Å²) in [5.41, 5.74) is 0.889. The number of nitrogens with zero attached hydrogens (tertiary/aromatic N) is 3. The number of hydrogen-bond acceptors (Lipinski definition) is 7. The van der Waals surface area contributed by atoms with Gasteiger partial charge in [-0.3, -0.25) is 14.7 Å². The highest BCUT2D eigenvalue weighted by atomic mass is 32.2. The molecule has 1 fully saturated rings. The van der Waals surface area contributed by atoms with Gasteiger partial charge in [-0.25, -0.2) is 4.98 Å². The van der Waals surface area contributed by atoms with E-state index in [2.05, 4.69) is 15.2 Å². The molecule has 0 saturated carbocycles. The molecule has 1 atom stereocenters. The Labute approximate surface area is 168 Å². The smallest absolute Gasteiger partial charge is 0.310 e. The summed E-state index contributed by atoms with van der Waals surface area (Å²) in [7, 11) is 1.62. The van der Waals surface area contributed by atoms with Crippen molar-refractivity contribution in [1.29, 1.82) is 0 Å². The molecule has 0 unspecified atom stereocenters. The van der Waals surface area contributed by atoms with Crippen LogP contribution in [0.5, 0.6) is 5.75 Å². The number of aromatic amines is 1. The highest BCUT2D eigenvalue weighted by Gasteiger charge is 2.29. The number of amides is 1. The first-order chi connectivity index (χ1) is 13.6. The Hall–Kier alpha value is -2.55. The summed E-state index contributed by atoms with van der Waals surface area (Å²) in [4.78, 5) is 30.6. The van der Waals surface area contributed by atoms with Crippen molar-refractivity contribution in [3.8, 4) is 17.1 Å².